The summed E-state index contributed by atoms with van der Waals surface area (Å²) in [6.45, 7) is 2.68. The van der Waals surface area contributed by atoms with E-state index in [0.717, 1.165) is 24.2 Å². The molecule has 0 spiro atoms. The van der Waals surface area contributed by atoms with Crippen molar-refractivity contribution in [1.82, 2.24) is 0 Å². The zero-order chi connectivity index (χ0) is 11.1. The largest absolute Gasteiger partial charge is 0.494 e. The lowest BCUT2D eigenvalue weighted by atomic mass is 10.1. The number of hydrogen-bond donors (Lipinski definition) is 2. The molecule has 1 rings (SSSR count). The van der Waals surface area contributed by atoms with Crippen LogP contribution in [-0.4, -0.2) is 24.4 Å². The van der Waals surface area contributed by atoms with Gasteiger partial charge in [0.25, 0.3) is 0 Å². The second-order valence-corrected chi connectivity index (χ2v) is 3.52. The average molecular weight is 209 g/mol. The zero-order valence-electron chi connectivity index (χ0n) is 9.15. The maximum atomic E-state index is 8.83. The molecule has 1 aromatic rings. The van der Waals surface area contributed by atoms with Crippen molar-refractivity contribution < 1.29 is 9.84 Å². The maximum absolute atomic E-state index is 8.83. The minimum atomic E-state index is -0.139. The molecule has 0 radical (unpaired) electrons. The summed E-state index contributed by atoms with van der Waals surface area (Å²) in [4.78, 5) is 0. The fourth-order valence-corrected chi connectivity index (χ4v) is 1.44. The van der Waals surface area contributed by atoms with Crippen molar-refractivity contribution in [2.75, 3.05) is 13.2 Å². The highest BCUT2D eigenvalue weighted by Gasteiger charge is 2.05. The monoisotopic (exact) mass is 209 g/mol. The van der Waals surface area contributed by atoms with Gasteiger partial charge in [-0.1, -0.05) is 18.2 Å². The summed E-state index contributed by atoms with van der Waals surface area (Å²) in [5, 5.41) is 8.83. The molecule has 0 aliphatic carbocycles. The third kappa shape index (κ3) is 3.90. The van der Waals surface area contributed by atoms with Gasteiger partial charge in [-0.2, -0.15) is 0 Å². The molecule has 0 bridgehead atoms. The van der Waals surface area contributed by atoms with E-state index >= 15 is 0 Å². The lowest BCUT2D eigenvalue weighted by molar-refractivity contribution is 0.259. The Morgan fingerprint density at radius 2 is 2.13 bits per heavy atom. The third-order valence-corrected chi connectivity index (χ3v) is 2.29. The van der Waals surface area contributed by atoms with Gasteiger partial charge in [0.1, 0.15) is 5.75 Å². The fourth-order valence-electron chi connectivity index (χ4n) is 1.44. The zero-order valence-corrected chi connectivity index (χ0v) is 9.15. The minimum absolute atomic E-state index is 0.0385. The number of ether oxygens (including phenoxy) is 1. The number of benzene rings is 1. The molecule has 0 aliphatic rings. The van der Waals surface area contributed by atoms with Gasteiger partial charge in [0.2, 0.25) is 0 Å². The summed E-state index contributed by atoms with van der Waals surface area (Å²) < 4.78 is 5.50. The molecule has 0 heterocycles. The van der Waals surface area contributed by atoms with E-state index in [9.17, 15) is 0 Å². The molecular formula is C12H19NO2. The Balaban J connectivity index is 2.58. The molecule has 3 nitrogen and oxygen atoms in total. The van der Waals surface area contributed by atoms with Gasteiger partial charge in [-0.05, 0) is 31.4 Å². The number of hydrogen-bond acceptors (Lipinski definition) is 3. The summed E-state index contributed by atoms with van der Waals surface area (Å²) in [5.74, 6) is 0.921. The van der Waals surface area contributed by atoms with Crippen molar-refractivity contribution in [3.63, 3.8) is 0 Å². The van der Waals surface area contributed by atoms with Crippen LogP contribution in [0.25, 0.3) is 0 Å². The normalized spacial score (nSPS) is 12.5. The molecule has 84 valence electrons. The summed E-state index contributed by atoms with van der Waals surface area (Å²) in [7, 11) is 0. The van der Waals surface area contributed by atoms with Gasteiger partial charge in [0.05, 0.1) is 13.2 Å². The highest BCUT2D eigenvalue weighted by Crippen LogP contribution is 2.19. The van der Waals surface area contributed by atoms with E-state index in [1.54, 1.807) is 0 Å². The van der Waals surface area contributed by atoms with Gasteiger partial charge in [0.15, 0.2) is 0 Å². The number of nitrogens with two attached hydrogens (primary N) is 1. The number of para-hydroxylation sites is 1. The number of aliphatic hydroxyl groups is 1. The summed E-state index contributed by atoms with van der Waals surface area (Å²) in [6.07, 6.45) is 1.62. The van der Waals surface area contributed by atoms with E-state index in [-0.39, 0.29) is 12.6 Å². The third-order valence-electron chi connectivity index (χ3n) is 2.29. The second kappa shape index (κ2) is 6.43. The van der Waals surface area contributed by atoms with Crippen LogP contribution >= 0.6 is 0 Å². The lowest BCUT2D eigenvalue weighted by Crippen LogP contribution is -2.24. The summed E-state index contributed by atoms with van der Waals surface area (Å²) in [5.41, 5.74) is 6.81. The van der Waals surface area contributed by atoms with Crippen LogP contribution in [0.15, 0.2) is 24.3 Å². The van der Waals surface area contributed by atoms with Crippen LogP contribution < -0.4 is 10.5 Å². The molecule has 0 aliphatic heterocycles. The van der Waals surface area contributed by atoms with Crippen molar-refractivity contribution in [1.29, 1.82) is 0 Å². The standard InChI is InChI=1S/C12H19NO2/c1-2-15-12-6-4-3-5-10(12)7-8-11(13)9-14/h3-6,11,14H,2,7-9,13H2,1H3. The Bertz CT molecular complexity index is 289. The van der Waals surface area contributed by atoms with Crippen molar-refractivity contribution in [3.8, 4) is 5.75 Å². The first-order valence-electron chi connectivity index (χ1n) is 5.35. The molecule has 0 aromatic heterocycles. The lowest BCUT2D eigenvalue weighted by Gasteiger charge is -2.11. The van der Waals surface area contributed by atoms with E-state index in [4.69, 9.17) is 15.6 Å². The van der Waals surface area contributed by atoms with Crippen LogP contribution in [0.5, 0.6) is 5.75 Å². The maximum Gasteiger partial charge on any atom is 0.122 e. The Kier molecular flexibility index (Phi) is 5.15. The molecule has 0 saturated carbocycles. The number of aryl methyl sites for hydroxylation is 1. The molecule has 3 heteroatoms. The predicted octanol–water partition coefficient (Wildman–Crippen LogP) is 1.34. The second-order valence-electron chi connectivity index (χ2n) is 3.52. The van der Waals surface area contributed by atoms with Gasteiger partial charge >= 0.3 is 0 Å². The summed E-state index contributed by atoms with van der Waals surface area (Å²) in [6, 6.07) is 7.81. The van der Waals surface area contributed by atoms with Gasteiger partial charge < -0.3 is 15.6 Å². The average Bonchev–Trinajstić information content (AvgIpc) is 2.28. The quantitative estimate of drug-likeness (QED) is 0.743. The molecule has 1 aromatic carbocycles. The molecule has 3 N–H and O–H groups in total. The molecule has 0 fully saturated rings. The minimum Gasteiger partial charge on any atom is -0.494 e. The molecule has 1 atom stereocenters. The van der Waals surface area contributed by atoms with E-state index < -0.39 is 0 Å². The van der Waals surface area contributed by atoms with Crippen LogP contribution in [-0.2, 0) is 6.42 Å². The van der Waals surface area contributed by atoms with Gasteiger partial charge in [-0.25, -0.2) is 0 Å². The smallest absolute Gasteiger partial charge is 0.122 e. The van der Waals surface area contributed by atoms with Gasteiger partial charge in [0, 0.05) is 6.04 Å². The SMILES string of the molecule is CCOc1ccccc1CCC(N)CO. The number of rotatable bonds is 6. The van der Waals surface area contributed by atoms with E-state index in [2.05, 4.69) is 0 Å². The van der Waals surface area contributed by atoms with Crippen LogP contribution in [0.2, 0.25) is 0 Å². The van der Waals surface area contributed by atoms with Crippen molar-refractivity contribution >= 4 is 0 Å². The number of aliphatic hydroxyl groups excluding tert-OH is 1. The molecule has 1 unspecified atom stereocenters. The first-order chi connectivity index (χ1) is 7.27. The van der Waals surface area contributed by atoms with E-state index in [0.29, 0.717) is 6.61 Å². The highest BCUT2D eigenvalue weighted by molar-refractivity contribution is 5.33. The van der Waals surface area contributed by atoms with Gasteiger partial charge in [-0.3, -0.25) is 0 Å². The van der Waals surface area contributed by atoms with Crippen molar-refractivity contribution in [2.45, 2.75) is 25.8 Å². The first-order valence-corrected chi connectivity index (χ1v) is 5.35. The highest BCUT2D eigenvalue weighted by atomic mass is 16.5. The molecule has 0 saturated heterocycles. The molecular weight excluding hydrogens is 190 g/mol. The Hall–Kier alpha value is -1.06. The molecule has 15 heavy (non-hydrogen) atoms. The van der Waals surface area contributed by atoms with E-state index in [1.807, 2.05) is 31.2 Å². The van der Waals surface area contributed by atoms with Crippen LogP contribution in [0.4, 0.5) is 0 Å². The Morgan fingerprint density at radius 3 is 2.80 bits per heavy atom. The van der Waals surface area contributed by atoms with Crippen LogP contribution in [0, 0.1) is 0 Å². The van der Waals surface area contributed by atoms with Crippen LogP contribution in [0.1, 0.15) is 18.9 Å². The van der Waals surface area contributed by atoms with Crippen LogP contribution in [0.3, 0.4) is 0 Å². The van der Waals surface area contributed by atoms with Gasteiger partial charge in [-0.15, -0.1) is 0 Å². The van der Waals surface area contributed by atoms with Crippen molar-refractivity contribution in [2.24, 2.45) is 5.73 Å². The predicted molar refractivity (Wildman–Crippen MR) is 61.0 cm³/mol. The van der Waals surface area contributed by atoms with E-state index in [1.165, 1.54) is 0 Å². The summed E-state index contributed by atoms with van der Waals surface area (Å²) >= 11 is 0. The van der Waals surface area contributed by atoms with Crippen molar-refractivity contribution in [3.05, 3.63) is 29.8 Å². The first kappa shape index (κ1) is 12.0. The Morgan fingerprint density at radius 1 is 1.40 bits per heavy atom. The Labute approximate surface area is 90.9 Å². The topological polar surface area (TPSA) is 55.5 Å². The fraction of sp³-hybridized carbons (Fsp3) is 0.500. The molecule has 0 amide bonds.